The van der Waals surface area contributed by atoms with Gasteiger partial charge in [-0.05, 0) is 35.7 Å². The van der Waals surface area contributed by atoms with Gasteiger partial charge in [0.1, 0.15) is 17.8 Å². The fraction of sp³-hybridized carbons (Fsp3) is 0.222. The van der Waals surface area contributed by atoms with Crippen LogP contribution in [0.3, 0.4) is 0 Å². The molecule has 2 N–H and O–H groups in total. The molecule has 4 rings (SSSR count). The van der Waals surface area contributed by atoms with Crippen LogP contribution in [-0.2, 0) is 13.0 Å². The van der Waals surface area contributed by atoms with Crippen molar-refractivity contribution in [2.45, 2.75) is 19.9 Å². The van der Waals surface area contributed by atoms with E-state index in [1.165, 1.54) is 11.9 Å². The standard InChI is InChI=1S/C18H17N5O2/c1-11-6-15(17-21-10-22-23-17)19-9-14(11)18(24)20-8-12-2-3-16-13(7-12)4-5-25-16/h2-3,6-7,9-10H,4-5,8H2,1H3,(H,20,24)(H,21,22,23). The summed E-state index contributed by atoms with van der Waals surface area (Å²) >= 11 is 0. The number of benzene rings is 1. The number of H-pyrrole nitrogens is 1. The molecule has 0 spiro atoms. The second kappa shape index (κ2) is 6.35. The Hall–Kier alpha value is -3.22. The number of aromatic amines is 1. The average molecular weight is 335 g/mol. The summed E-state index contributed by atoms with van der Waals surface area (Å²) < 4.78 is 5.50. The highest BCUT2D eigenvalue weighted by molar-refractivity contribution is 5.95. The fourth-order valence-corrected chi connectivity index (χ4v) is 2.88. The number of carbonyl (C=O) groups excluding carboxylic acids is 1. The summed E-state index contributed by atoms with van der Waals surface area (Å²) in [6.07, 6.45) is 3.91. The lowest BCUT2D eigenvalue weighted by Gasteiger charge is -2.09. The van der Waals surface area contributed by atoms with Crippen molar-refractivity contribution < 1.29 is 9.53 Å². The molecule has 126 valence electrons. The van der Waals surface area contributed by atoms with Gasteiger partial charge in [-0.15, -0.1) is 0 Å². The summed E-state index contributed by atoms with van der Waals surface area (Å²) in [5.41, 5.74) is 4.29. The van der Waals surface area contributed by atoms with Gasteiger partial charge >= 0.3 is 0 Å². The highest BCUT2D eigenvalue weighted by atomic mass is 16.5. The lowest BCUT2D eigenvalue weighted by atomic mass is 10.1. The van der Waals surface area contributed by atoms with Gasteiger partial charge in [-0.2, -0.15) is 5.10 Å². The molecule has 0 radical (unpaired) electrons. The first-order valence-electron chi connectivity index (χ1n) is 8.06. The third-order valence-electron chi connectivity index (χ3n) is 4.22. The van der Waals surface area contributed by atoms with Gasteiger partial charge in [-0.1, -0.05) is 12.1 Å². The van der Waals surface area contributed by atoms with Crippen molar-refractivity contribution in [1.29, 1.82) is 0 Å². The SMILES string of the molecule is Cc1cc(-c2ncn[nH]2)ncc1C(=O)NCc1ccc2c(c1)CCO2. The number of fused-ring (bicyclic) bond motifs is 1. The predicted octanol–water partition coefficient (Wildman–Crippen LogP) is 2.04. The molecule has 1 aliphatic rings. The van der Waals surface area contributed by atoms with Crippen LogP contribution in [-0.4, -0.2) is 32.7 Å². The monoisotopic (exact) mass is 335 g/mol. The molecule has 3 aromatic rings. The Morgan fingerprint density at radius 1 is 1.32 bits per heavy atom. The first kappa shape index (κ1) is 15.3. The van der Waals surface area contributed by atoms with Crippen molar-refractivity contribution in [1.82, 2.24) is 25.5 Å². The van der Waals surface area contributed by atoms with E-state index in [1.807, 2.05) is 25.1 Å². The number of nitrogens with one attached hydrogen (secondary N) is 2. The smallest absolute Gasteiger partial charge is 0.253 e. The maximum atomic E-state index is 12.5. The Kier molecular flexibility index (Phi) is 3.89. The zero-order chi connectivity index (χ0) is 17.2. The predicted molar refractivity (Wildman–Crippen MR) is 91.2 cm³/mol. The van der Waals surface area contributed by atoms with Crippen molar-refractivity contribution in [2.24, 2.45) is 0 Å². The van der Waals surface area contributed by atoms with Gasteiger partial charge in [0.05, 0.1) is 12.2 Å². The molecule has 1 aliphatic heterocycles. The normalized spacial score (nSPS) is 12.5. The van der Waals surface area contributed by atoms with E-state index < -0.39 is 0 Å². The Morgan fingerprint density at radius 2 is 2.24 bits per heavy atom. The first-order valence-corrected chi connectivity index (χ1v) is 8.06. The number of nitrogens with zero attached hydrogens (tertiary/aromatic N) is 3. The van der Waals surface area contributed by atoms with Gasteiger partial charge in [0.2, 0.25) is 0 Å². The molecule has 0 fully saturated rings. The second-order valence-corrected chi connectivity index (χ2v) is 5.94. The van der Waals surface area contributed by atoms with Crippen molar-refractivity contribution >= 4 is 5.91 Å². The van der Waals surface area contributed by atoms with Crippen molar-refractivity contribution in [3.63, 3.8) is 0 Å². The highest BCUT2D eigenvalue weighted by Gasteiger charge is 2.14. The van der Waals surface area contributed by atoms with E-state index in [-0.39, 0.29) is 5.91 Å². The van der Waals surface area contributed by atoms with Crippen LogP contribution in [0.1, 0.15) is 27.0 Å². The molecular weight excluding hydrogens is 318 g/mol. The van der Waals surface area contributed by atoms with E-state index in [4.69, 9.17) is 4.74 Å². The third kappa shape index (κ3) is 3.08. The molecule has 0 aliphatic carbocycles. The summed E-state index contributed by atoms with van der Waals surface area (Å²) in [5, 5.41) is 9.52. The first-order chi connectivity index (χ1) is 12.2. The molecule has 2 aromatic heterocycles. The van der Waals surface area contributed by atoms with Crippen LogP contribution in [0.4, 0.5) is 0 Å². The average Bonchev–Trinajstić information content (AvgIpc) is 3.30. The van der Waals surface area contributed by atoms with Gasteiger partial charge in [0.15, 0.2) is 5.82 Å². The minimum absolute atomic E-state index is 0.147. The Balaban J connectivity index is 1.46. The Morgan fingerprint density at radius 3 is 3.04 bits per heavy atom. The van der Waals surface area contributed by atoms with Gasteiger partial charge in [-0.25, -0.2) is 4.98 Å². The zero-order valence-corrected chi connectivity index (χ0v) is 13.7. The van der Waals surface area contributed by atoms with E-state index in [1.54, 1.807) is 6.20 Å². The largest absolute Gasteiger partial charge is 0.493 e. The zero-order valence-electron chi connectivity index (χ0n) is 13.7. The number of aryl methyl sites for hydroxylation is 1. The summed E-state index contributed by atoms with van der Waals surface area (Å²) in [6, 6.07) is 7.84. The molecular formula is C18H17N5O2. The number of hydrogen-bond donors (Lipinski definition) is 2. The number of amides is 1. The van der Waals surface area contributed by atoms with E-state index in [0.29, 0.717) is 23.6 Å². The van der Waals surface area contributed by atoms with Gasteiger partial charge in [-0.3, -0.25) is 14.9 Å². The maximum Gasteiger partial charge on any atom is 0.253 e. The summed E-state index contributed by atoms with van der Waals surface area (Å²) in [4.78, 5) is 20.8. The number of carbonyl (C=O) groups is 1. The minimum atomic E-state index is -0.147. The molecule has 0 atom stereocenters. The topological polar surface area (TPSA) is 92.8 Å². The summed E-state index contributed by atoms with van der Waals surface area (Å²) in [7, 11) is 0. The summed E-state index contributed by atoms with van der Waals surface area (Å²) in [6.45, 7) is 3.08. The highest BCUT2D eigenvalue weighted by Crippen LogP contribution is 2.25. The van der Waals surface area contributed by atoms with Gasteiger partial charge in [0, 0.05) is 19.2 Å². The van der Waals surface area contributed by atoms with Gasteiger partial charge < -0.3 is 10.1 Å². The Bertz CT molecular complexity index is 921. The molecule has 0 saturated heterocycles. The molecule has 7 nitrogen and oxygen atoms in total. The maximum absolute atomic E-state index is 12.5. The molecule has 1 amide bonds. The van der Waals surface area contributed by atoms with Crippen LogP contribution in [0, 0.1) is 6.92 Å². The van der Waals surface area contributed by atoms with Crippen molar-refractivity contribution in [3.8, 4) is 17.3 Å². The van der Waals surface area contributed by atoms with Crippen LogP contribution >= 0.6 is 0 Å². The van der Waals surface area contributed by atoms with Crippen molar-refractivity contribution in [2.75, 3.05) is 6.61 Å². The van der Waals surface area contributed by atoms with Crippen molar-refractivity contribution in [3.05, 3.63) is 59.0 Å². The molecule has 1 aromatic carbocycles. The quantitative estimate of drug-likeness (QED) is 0.761. The lowest BCUT2D eigenvalue weighted by molar-refractivity contribution is 0.0950. The second-order valence-electron chi connectivity index (χ2n) is 5.94. The van der Waals surface area contributed by atoms with Crippen LogP contribution in [0.15, 0.2) is 36.8 Å². The number of aromatic nitrogens is 4. The van der Waals surface area contributed by atoms with Crippen LogP contribution in [0.5, 0.6) is 5.75 Å². The lowest BCUT2D eigenvalue weighted by Crippen LogP contribution is -2.24. The van der Waals surface area contributed by atoms with E-state index in [2.05, 4.69) is 31.5 Å². The van der Waals surface area contributed by atoms with Crippen LogP contribution in [0.2, 0.25) is 0 Å². The van der Waals surface area contributed by atoms with E-state index >= 15 is 0 Å². The molecule has 0 bridgehead atoms. The number of pyridine rings is 1. The third-order valence-corrected chi connectivity index (χ3v) is 4.22. The number of rotatable bonds is 4. The number of ether oxygens (including phenoxy) is 1. The fourth-order valence-electron chi connectivity index (χ4n) is 2.88. The van der Waals surface area contributed by atoms with E-state index in [9.17, 15) is 4.79 Å². The van der Waals surface area contributed by atoms with Gasteiger partial charge in [0.25, 0.3) is 5.91 Å². The van der Waals surface area contributed by atoms with E-state index in [0.717, 1.165) is 29.9 Å². The molecule has 0 unspecified atom stereocenters. The molecule has 3 heterocycles. The van der Waals surface area contributed by atoms with Crippen LogP contribution < -0.4 is 10.1 Å². The molecule has 7 heteroatoms. The molecule has 0 saturated carbocycles. The molecule has 25 heavy (non-hydrogen) atoms. The number of hydrogen-bond acceptors (Lipinski definition) is 5. The Labute approximate surface area is 144 Å². The summed E-state index contributed by atoms with van der Waals surface area (Å²) in [5.74, 6) is 1.37. The minimum Gasteiger partial charge on any atom is -0.493 e. The van der Waals surface area contributed by atoms with Crippen LogP contribution in [0.25, 0.3) is 11.5 Å².